The van der Waals surface area contributed by atoms with Gasteiger partial charge in [-0.15, -0.1) is 0 Å². The van der Waals surface area contributed by atoms with Crippen molar-refractivity contribution >= 4 is 28.6 Å². The van der Waals surface area contributed by atoms with E-state index >= 15 is 0 Å². The number of para-hydroxylation sites is 3. The highest BCUT2D eigenvalue weighted by molar-refractivity contribution is 6.05. The van der Waals surface area contributed by atoms with Crippen LogP contribution >= 0.6 is 0 Å². The zero-order valence-electron chi connectivity index (χ0n) is 10.6. The standard InChI is InChI=1S/C16H12N2O2/c19-11-12(10-17-13-6-2-1-3-7-13)16-18-14-8-4-5-9-15(14)20-16/h1-11,17H. The van der Waals surface area contributed by atoms with E-state index in [1.807, 2.05) is 54.6 Å². The van der Waals surface area contributed by atoms with Crippen LogP contribution in [0.25, 0.3) is 16.7 Å². The Morgan fingerprint density at radius 2 is 1.80 bits per heavy atom. The Hall–Kier alpha value is -2.88. The van der Waals surface area contributed by atoms with Crippen LogP contribution in [0.5, 0.6) is 0 Å². The molecule has 0 aliphatic heterocycles. The van der Waals surface area contributed by atoms with Gasteiger partial charge in [-0.3, -0.25) is 4.79 Å². The molecule has 1 heterocycles. The van der Waals surface area contributed by atoms with Crippen molar-refractivity contribution in [3.63, 3.8) is 0 Å². The van der Waals surface area contributed by atoms with Gasteiger partial charge in [0.1, 0.15) is 5.52 Å². The molecule has 0 amide bonds. The van der Waals surface area contributed by atoms with Crippen LogP contribution in [0.15, 0.2) is 65.2 Å². The van der Waals surface area contributed by atoms with Gasteiger partial charge in [0, 0.05) is 11.9 Å². The number of aromatic nitrogens is 1. The summed E-state index contributed by atoms with van der Waals surface area (Å²) < 4.78 is 5.56. The molecule has 4 heteroatoms. The van der Waals surface area contributed by atoms with Gasteiger partial charge in [-0.1, -0.05) is 30.3 Å². The van der Waals surface area contributed by atoms with E-state index in [0.29, 0.717) is 17.0 Å². The Morgan fingerprint density at radius 3 is 2.55 bits per heavy atom. The molecule has 0 atom stereocenters. The van der Waals surface area contributed by atoms with Gasteiger partial charge in [0.15, 0.2) is 11.9 Å². The number of fused-ring (bicyclic) bond motifs is 1. The van der Waals surface area contributed by atoms with Gasteiger partial charge in [-0.05, 0) is 24.3 Å². The fourth-order valence-corrected chi connectivity index (χ4v) is 1.84. The number of benzene rings is 2. The van der Waals surface area contributed by atoms with E-state index in [-0.39, 0.29) is 0 Å². The van der Waals surface area contributed by atoms with Gasteiger partial charge in [0.05, 0.1) is 5.57 Å². The van der Waals surface area contributed by atoms with Crippen molar-refractivity contribution in [3.05, 3.63) is 66.7 Å². The van der Waals surface area contributed by atoms with Crippen molar-refractivity contribution in [2.45, 2.75) is 0 Å². The van der Waals surface area contributed by atoms with Gasteiger partial charge in [0.25, 0.3) is 0 Å². The highest BCUT2D eigenvalue weighted by Crippen LogP contribution is 2.19. The van der Waals surface area contributed by atoms with E-state index < -0.39 is 0 Å². The van der Waals surface area contributed by atoms with Crippen LogP contribution in [0.3, 0.4) is 0 Å². The fraction of sp³-hybridized carbons (Fsp3) is 0. The number of oxazole rings is 1. The molecule has 0 radical (unpaired) electrons. The Morgan fingerprint density at radius 1 is 1.05 bits per heavy atom. The summed E-state index contributed by atoms with van der Waals surface area (Å²) in [6.45, 7) is 0. The summed E-state index contributed by atoms with van der Waals surface area (Å²) in [5.41, 5.74) is 2.65. The van der Waals surface area contributed by atoms with Crippen molar-refractivity contribution in [3.8, 4) is 0 Å². The number of hydrogen-bond donors (Lipinski definition) is 1. The van der Waals surface area contributed by atoms with Crippen LogP contribution in [0, 0.1) is 0 Å². The Kier molecular flexibility index (Phi) is 3.29. The molecule has 98 valence electrons. The van der Waals surface area contributed by atoms with Gasteiger partial charge in [-0.25, -0.2) is 4.98 Å². The van der Waals surface area contributed by atoms with Crippen LogP contribution in [0.1, 0.15) is 5.89 Å². The van der Waals surface area contributed by atoms with Crippen LogP contribution in [0.4, 0.5) is 5.69 Å². The number of carbonyl (C=O) groups excluding carboxylic acids is 1. The molecule has 0 aliphatic carbocycles. The first-order valence-electron chi connectivity index (χ1n) is 6.20. The fourth-order valence-electron chi connectivity index (χ4n) is 1.84. The van der Waals surface area contributed by atoms with Crippen molar-refractivity contribution in [2.24, 2.45) is 0 Å². The summed E-state index contributed by atoms with van der Waals surface area (Å²) in [4.78, 5) is 15.5. The summed E-state index contributed by atoms with van der Waals surface area (Å²) in [5.74, 6) is 0.310. The summed E-state index contributed by atoms with van der Waals surface area (Å²) in [6.07, 6.45) is 2.31. The van der Waals surface area contributed by atoms with Gasteiger partial charge < -0.3 is 9.73 Å². The number of hydrogen-bond acceptors (Lipinski definition) is 4. The third-order valence-electron chi connectivity index (χ3n) is 2.84. The molecule has 3 rings (SSSR count). The van der Waals surface area contributed by atoms with Crippen LogP contribution < -0.4 is 5.32 Å². The molecule has 1 N–H and O–H groups in total. The highest BCUT2D eigenvalue weighted by Gasteiger charge is 2.09. The molecule has 0 fully saturated rings. The summed E-state index contributed by atoms with van der Waals surface area (Å²) in [6, 6.07) is 17.0. The topological polar surface area (TPSA) is 55.1 Å². The van der Waals surface area contributed by atoms with E-state index in [2.05, 4.69) is 10.3 Å². The normalized spacial score (nSPS) is 11.5. The number of rotatable bonds is 4. The molecule has 0 spiro atoms. The maximum Gasteiger partial charge on any atom is 0.232 e. The number of nitrogens with zero attached hydrogens (tertiary/aromatic N) is 1. The second kappa shape index (κ2) is 5.40. The maximum atomic E-state index is 11.2. The number of carbonyl (C=O) groups is 1. The van der Waals surface area contributed by atoms with Crippen molar-refractivity contribution in [1.82, 2.24) is 4.98 Å². The van der Waals surface area contributed by atoms with E-state index in [1.54, 1.807) is 6.20 Å². The SMILES string of the molecule is O=CC(=CNc1ccccc1)c1nc2ccccc2o1. The largest absolute Gasteiger partial charge is 0.436 e. The molecule has 0 saturated heterocycles. The average Bonchev–Trinajstić information content (AvgIpc) is 2.92. The van der Waals surface area contributed by atoms with Gasteiger partial charge in [-0.2, -0.15) is 0 Å². The van der Waals surface area contributed by atoms with Crippen LogP contribution in [-0.2, 0) is 4.79 Å². The Balaban J connectivity index is 1.91. The molecule has 2 aromatic carbocycles. The predicted molar refractivity (Wildman–Crippen MR) is 78.1 cm³/mol. The molecule has 4 nitrogen and oxygen atoms in total. The van der Waals surface area contributed by atoms with E-state index in [9.17, 15) is 4.79 Å². The van der Waals surface area contributed by atoms with E-state index in [4.69, 9.17) is 4.42 Å². The maximum absolute atomic E-state index is 11.2. The lowest BCUT2D eigenvalue weighted by molar-refractivity contribution is -0.103. The average molecular weight is 264 g/mol. The third kappa shape index (κ3) is 2.44. The first-order chi connectivity index (χ1) is 9.86. The first-order valence-corrected chi connectivity index (χ1v) is 6.20. The number of allylic oxidation sites excluding steroid dienone is 1. The van der Waals surface area contributed by atoms with E-state index in [0.717, 1.165) is 17.5 Å². The Bertz CT molecular complexity index is 727. The predicted octanol–water partition coefficient (Wildman–Crippen LogP) is 3.48. The van der Waals surface area contributed by atoms with Gasteiger partial charge >= 0.3 is 0 Å². The monoisotopic (exact) mass is 264 g/mol. The second-order valence-corrected chi connectivity index (χ2v) is 4.21. The minimum Gasteiger partial charge on any atom is -0.436 e. The number of aldehydes is 1. The summed E-state index contributed by atoms with van der Waals surface area (Å²) in [7, 11) is 0. The lowest BCUT2D eigenvalue weighted by atomic mass is 10.3. The van der Waals surface area contributed by atoms with Crippen LogP contribution in [0.2, 0.25) is 0 Å². The van der Waals surface area contributed by atoms with E-state index in [1.165, 1.54) is 0 Å². The minimum absolute atomic E-state index is 0.310. The Labute approximate surface area is 115 Å². The van der Waals surface area contributed by atoms with Crippen LogP contribution in [-0.4, -0.2) is 11.3 Å². The lowest BCUT2D eigenvalue weighted by Crippen LogP contribution is -1.93. The highest BCUT2D eigenvalue weighted by atomic mass is 16.3. The molecular formula is C16H12N2O2. The summed E-state index contributed by atoms with van der Waals surface area (Å²) >= 11 is 0. The molecule has 0 bridgehead atoms. The first kappa shape index (κ1) is 12.2. The second-order valence-electron chi connectivity index (χ2n) is 4.21. The summed E-state index contributed by atoms with van der Waals surface area (Å²) in [5, 5.41) is 3.05. The van der Waals surface area contributed by atoms with Gasteiger partial charge in [0.2, 0.25) is 5.89 Å². The molecule has 0 saturated carbocycles. The zero-order valence-corrected chi connectivity index (χ0v) is 10.6. The number of anilines is 1. The van der Waals surface area contributed by atoms with Crippen molar-refractivity contribution in [2.75, 3.05) is 5.32 Å². The molecule has 20 heavy (non-hydrogen) atoms. The molecule has 3 aromatic rings. The quantitative estimate of drug-likeness (QED) is 0.579. The number of nitrogens with one attached hydrogen (secondary N) is 1. The third-order valence-corrected chi connectivity index (χ3v) is 2.84. The van der Waals surface area contributed by atoms with Crippen molar-refractivity contribution < 1.29 is 9.21 Å². The zero-order chi connectivity index (χ0) is 13.8. The smallest absolute Gasteiger partial charge is 0.232 e. The van der Waals surface area contributed by atoms with Crippen molar-refractivity contribution in [1.29, 1.82) is 0 Å². The lowest BCUT2D eigenvalue weighted by Gasteiger charge is -2.00. The molecule has 0 unspecified atom stereocenters. The molecular weight excluding hydrogens is 252 g/mol. The molecule has 0 aliphatic rings. The minimum atomic E-state index is 0.310. The molecule has 1 aromatic heterocycles.